The van der Waals surface area contributed by atoms with Gasteiger partial charge in [-0.25, -0.2) is 15.0 Å². The predicted octanol–water partition coefficient (Wildman–Crippen LogP) is 1.81. The molecule has 2 fully saturated rings. The molecule has 6 heteroatoms. The van der Waals surface area contributed by atoms with Crippen LogP contribution in [0.3, 0.4) is 0 Å². The molecule has 0 amide bonds. The van der Waals surface area contributed by atoms with Gasteiger partial charge < -0.3 is 9.67 Å². The zero-order chi connectivity index (χ0) is 12.3. The zero-order valence-corrected chi connectivity index (χ0v) is 10.5. The molecule has 2 aliphatic rings. The van der Waals surface area contributed by atoms with Crippen LogP contribution >= 0.6 is 11.6 Å². The second kappa shape index (κ2) is 3.65. The molecular formula is C12H13ClN4O. The van der Waals surface area contributed by atoms with Crippen molar-refractivity contribution in [2.24, 2.45) is 11.8 Å². The van der Waals surface area contributed by atoms with Gasteiger partial charge in [-0.05, 0) is 25.2 Å². The SMILES string of the molecule is O[C@@H]1C[C@@H]2C[C@H]1[C@@H](n1cnc3c(Cl)ncnc31)C2. The summed E-state index contributed by atoms with van der Waals surface area (Å²) in [5.74, 6) is 0.978. The van der Waals surface area contributed by atoms with Gasteiger partial charge in [0.1, 0.15) is 11.8 Å². The zero-order valence-electron chi connectivity index (χ0n) is 9.70. The van der Waals surface area contributed by atoms with Gasteiger partial charge in [0.25, 0.3) is 0 Å². The quantitative estimate of drug-likeness (QED) is 0.798. The van der Waals surface area contributed by atoms with Gasteiger partial charge in [-0.3, -0.25) is 0 Å². The lowest BCUT2D eigenvalue weighted by Crippen LogP contribution is -2.26. The lowest BCUT2D eigenvalue weighted by atomic mass is 9.92. The fourth-order valence-corrected chi connectivity index (χ4v) is 3.84. The molecule has 2 aliphatic carbocycles. The van der Waals surface area contributed by atoms with E-state index < -0.39 is 0 Å². The van der Waals surface area contributed by atoms with E-state index in [9.17, 15) is 5.11 Å². The summed E-state index contributed by atoms with van der Waals surface area (Å²) in [5.41, 5.74) is 1.43. The van der Waals surface area contributed by atoms with Crippen molar-refractivity contribution in [2.45, 2.75) is 31.4 Å². The van der Waals surface area contributed by atoms with Crippen LogP contribution in [0.2, 0.25) is 5.15 Å². The van der Waals surface area contributed by atoms with Gasteiger partial charge in [-0.15, -0.1) is 0 Å². The van der Waals surface area contributed by atoms with Gasteiger partial charge in [0.05, 0.1) is 12.4 Å². The summed E-state index contributed by atoms with van der Waals surface area (Å²) in [5, 5.41) is 10.4. The van der Waals surface area contributed by atoms with Crippen molar-refractivity contribution in [3.8, 4) is 0 Å². The largest absolute Gasteiger partial charge is 0.393 e. The van der Waals surface area contributed by atoms with Gasteiger partial charge in [-0.2, -0.15) is 0 Å². The van der Waals surface area contributed by atoms with Crippen LogP contribution in [0.4, 0.5) is 0 Å². The molecule has 94 valence electrons. The Morgan fingerprint density at radius 2 is 2.11 bits per heavy atom. The van der Waals surface area contributed by atoms with E-state index in [1.165, 1.54) is 6.33 Å². The first-order valence-electron chi connectivity index (χ1n) is 6.25. The number of aliphatic hydroxyl groups excluding tert-OH is 1. The van der Waals surface area contributed by atoms with E-state index in [2.05, 4.69) is 19.5 Å². The summed E-state index contributed by atoms with van der Waals surface area (Å²) in [7, 11) is 0. The molecule has 2 aromatic rings. The number of aromatic nitrogens is 4. The molecular weight excluding hydrogens is 252 g/mol. The molecule has 4 rings (SSSR count). The Kier molecular flexibility index (Phi) is 2.17. The molecule has 2 bridgehead atoms. The predicted molar refractivity (Wildman–Crippen MR) is 66.2 cm³/mol. The third-order valence-corrected chi connectivity index (χ3v) is 4.69. The van der Waals surface area contributed by atoms with E-state index in [0.717, 1.165) is 24.9 Å². The first-order valence-corrected chi connectivity index (χ1v) is 6.63. The van der Waals surface area contributed by atoms with Crippen LogP contribution in [-0.2, 0) is 0 Å². The highest BCUT2D eigenvalue weighted by Crippen LogP contribution is 2.51. The van der Waals surface area contributed by atoms with Crippen molar-refractivity contribution < 1.29 is 5.11 Å². The Morgan fingerprint density at radius 3 is 2.89 bits per heavy atom. The lowest BCUT2D eigenvalue weighted by molar-refractivity contribution is 0.0851. The van der Waals surface area contributed by atoms with Crippen molar-refractivity contribution in [2.75, 3.05) is 0 Å². The maximum absolute atomic E-state index is 10.0. The number of halogens is 1. The summed E-state index contributed by atoms with van der Waals surface area (Å²) in [6, 6.07) is 0.301. The van der Waals surface area contributed by atoms with E-state index in [1.54, 1.807) is 6.33 Å². The smallest absolute Gasteiger partial charge is 0.165 e. The minimum atomic E-state index is -0.177. The third-order valence-electron chi connectivity index (χ3n) is 4.42. The first-order chi connectivity index (χ1) is 8.74. The highest BCUT2D eigenvalue weighted by molar-refractivity contribution is 6.33. The molecule has 0 aliphatic heterocycles. The van der Waals surface area contributed by atoms with Crippen LogP contribution in [0.1, 0.15) is 25.3 Å². The molecule has 2 aromatic heterocycles. The Morgan fingerprint density at radius 1 is 1.22 bits per heavy atom. The Balaban J connectivity index is 1.82. The Hall–Kier alpha value is -1.20. The molecule has 1 N–H and O–H groups in total. The summed E-state index contributed by atoms with van der Waals surface area (Å²) < 4.78 is 2.07. The molecule has 0 spiro atoms. The molecule has 0 unspecified atom stereocenters. The molecule has 0 radical (unpaired) electrons. The molecule has 0 aromatic carbocycles. The minimum absolute atomic E-state index is 0.177. The molecule has 0 saturated heterocycles. The normalized spacial score (nSPS) is 34.6. The van der Waals surface area contributed by atoms with Crippen LogP contribution in [0.15, 0.2) is 12.7 Å². The van der Waals surface area contributed by atoms with E-state index in [-0.39, 0.29) is 6.10 Å². The highest BCUT2D eigenvalue weighted by Gasteiger charge is 2.46. The molecule has 2 saturated carbocycles. The summed E-state index contributed by atoms with van der Waals surface area (Å²) >= 11 is 6.01. The second-order valence-electron chi connectivity index (χ2n) is 5.36. The third kappa shape index (κ3) is 1.34. The van der Waals surface area contributed by atoms with Crippen molar-refractivity contribution in [3.05, 3.63) is 17.8 Å². The van der Waals surface area contributed by atoms with Gasteiger partial charge in [-0.1, -0.05) is 11.6 Å². The van der Waals surface area contributed by atoms with E-state index in [1.807, 2.05) is 0 Å². The lowest BCUT2D eigenvalue weighted by Gasteiger charge is -2.27. The summed E-state index contributed by atoms with van der Waals surface area (Å²) in [4.78, 5) is 12.5. The molecule has 18 heavy (non-hydrogen) atoms. The van der Waals surface area contributed by atoms with Crippen molar-refractivity contribution in [3.63, 3.8) is 0 Å². The standard InChI is InChI=1S/C12H13ClN4O/c13-11-10-12(15-4-14-11)17(5-16-10)8-2-6-1-7(8)9(18)3-6/h4-9,18H,1-3H2/t6-,7+,8+,9-/m1/s1. The summed E-state index contributed by atoms with van der Waals surface area (Å²) in [6.07, 6.45) is 6.24. The van der Waals surface area contributed by atoms with Crippen LogP contribution in [0, 0.1) is 11.8 Å². The molecule has 2 heterocycles. The first kappa shape index (κ1) is 10.7. The van der Waals surface area contributed by atoms with Crippen LogP contribution in [0.5, 0.6) is 0 Å². The average Bonchev–Trinajstić information content (AvgIpc) is 3.00. The van der Waals surface area contributed by atoms with Gasteiger partial charge in [0.15, 0.2) is 10.8 Å². The number of fused-ring (bicyclic) bond motifs is 3. The van der Waals surface area contributed by atoms with E-state index >= 15 is 0 Å². The Bertz CT molecular complexity index is 613. The molecule has 4 atom stereocenters. The minimum Gasteiger partial charge on any atom is -0.393 e. The Labute approximate surface area is 109 Å². The topological polar surface area (TPSA) is 63.8 Å². The maximum atomic E-state index is 10.0. The van der Waals surface area contributed by atoms with Crippen LogP contribution in [0.25, 0.3) is 11.2 Å². The fraction of sp³-hybridized carbons (Fsp3) is 0.583. The van der Waals surface area contributed by atoms with Crippen molar-refractivity contribution in [1.29, 1.82) is 0 Å². The van der Waals surface area contributed by atoms with Gasteiger partial charge in [0, 0.05) is 12.0 Å². The van der Waals surface area contributed by atoms with Crippen molar-refractivity contribution >= 4 is 22.8 Å². The number of hydrogen-bond acceptors (Lipinski definition) is 4. The number of aliphatic hydroxyl groups is 1. The number of nitrogens with zero attached hydrogens (tertiary/aromatic N) is 4. The van der Waals surface area contributed by atoms with Crippen LogP contribution < -0.4 is 0 Å². The monoisotopic (exact) mass is 264 g/mol. The van der Waals surface area contributed by atoms with E-state index in [4.69, 9.17) is 11.6 Å². The maximum Gasteiger partial charge on any atom is 0.165 e. The van der Waals surface area contributed by atoms with Gasteiger partial charge >= 0.3 is 0 Å². The van der Waals surface area contributed by atoms with E-state index in [0.29, 0.717) is 28.5 Å². The van der Waals surface area contributed by atoms with Gasteiger partial charge in [0.2, 0.25) is 0 Å². The van der Waals surface area contributed by atoms with Crippen LogP contribution in [-0.4, -0.2) is 30.7 Å². The molecule has 5 nitrogen and oxygen atoms in total. The number of hydrogen-bond donors (Lipinski definition) is 1. The summed E-state index contributed by atoms with van der Waals surface area (Å²) in [6.45, 7) is 0. The number of imidazole rings is 1. The number of rotatable bonds is 1. The fourth-order valence-electron chi connectivity index (χ4n) is 3.66. The average molecular weight is 265 g/mol. The second-order valence-corrected chi connectivity index (χ2v) is 5.72. The highest BCUT2D eigenvalue weighted by atomic mass is 35.5. The van der Waals surface area contributed by atoms with Crippen molar-refractivity contribution in [1.82, 2.24) is 19.5 Å².